The lowest BCUT2D eigenvalue weighted by Crippen LogP contribution is -2.37. The largest absolute Gasteiger partial charge is 0.426 e. The van der Waals surface area contributed by atoms with Crippen LogP contribution in [0, 0.1) is 13.8 Å². The summed E-state index contributed by atoms with van der Waals surface area (Å²) in [5.41, 5.74) is 3.26. The van der Waals surface area contributed by atoms with Crippen molar-refractivity contribution in [1.82, 2.24) is 24.8 Å². The fourth-order valence-electron chi connectivity index (χ4n) is 3.76. The molecule has 38 heavy (non-hydrogen) atoms. The maximum Gasteiger partial charge on any atom is 0.419 e. The number of fused-ring (bicyclic) bond motifs is 1. The average molecular weight is 525 g/mol. The van der Waals surface area contributed by atoms with E-state index in [2.05, 4.69) is 25.5 Å². The Balaban J connectivity index is 1.58. The molecular weight excluding hydrogens is 496 g/mol. The fraction of sp³-hybridized carbons (Fsp3) is 0.360. The monoisotopic (exact) mass is 524 g/mol. The Labute approximate surface area is 217 Å². The van der Waals surface area contributed by atoms with E-state index in [4.69, 9.17) is 9.84 Å². The number of carbonyl (C=O) groups excluding carboxylic acids is 4. The number of esters is 1. The summed E-state index contributed by atoms with van der Waals surface area (Å²) in [5.74, 6) is -1.35. The standard InChI is InChI=1S/C25H28N6O7/c1-4-30(25(36)38-13-37-20(33)11-32)24(35)18-10-31-21(15(18)3)22(26-12-27-31)29-19-9-16(6-5-14(19)2)23(34)28-17-7-8-17/h5-6,9-10,12,17,32H,4,7-8,11,13H2,1-3H3,(H,28,34)(H,26,27,29). The van der Waals surface area contributed by atoms with Crippen LogP contribution in [0.2, 0.25) is 0 Å². The van der Waals surface area contributed by atoms with Gasteiger partial charge in [-0.05, 0) is 56.9 Å². The predicted octanol–water partition coefficient (Wildman–Crippen LogP) is 2.07. The summed E-state index contributed by atoms with van der Waals surface area (Å²) in [6.07, 6.45) is 3.76. The Morgan fingerprint density at radius 1 is 1.18 bits per heavy atom. The maximum atomic E-state index is 13.2. The van der Waals surface area contributed by atoms with Crippen LogP contribution in [0.25, 0.3) is 5.52 Å². The number of nitrogens with one attached hydrogen (secondary N) is 2. The number of aromatic nitrogens is 3. The normalized spacial score (nSPS) is 12.6. The zero-order valence-corrected chi connectivity index (χ0v) is 21.2. The van der Waals surface area contributed by atoms with E-state index in [-0.39, 0.29) is 24.1 Å². The van der Waals surface area contributed by atoms with E-state index in [1.807, 2.05) is 13.0 Å². The molecule has 13 nitrogen and oxygen atoms in total. The van der Waals surface area contributed by atoms with Gasteiger partial charge in [0.25, 0.3) is 11.8 Å². The highest BCUT2D eigenvalue weighted by atomic mass is 16.7. The fourth-order valence-corrected chi connectivity index (χ4v) is 3.76. The van der Waals surface area contributed by atoms with Crippen LogP contribution in [-0.2, 0) is 14.3 Å². The molecule has 3 amide bonds. The first-order valence-corrected chi connectivity index (χ1v) is 12.0. The van der Waals surface area contributed by atoms with E-state index in [0.29, 0.717) is 28.1 Å². The van der Waals surface area contributed by atoms with Crippen LogP contribution in [0.1, 0.15) is 51.6 Å². The number of benzene rings is 1. The van der Waals surface area contributed by atoms with Crippen LogP contribution >= 0.6 is 0 Å². The molecule has 1 fully saturated rings. The summed E-state index contributed by atoms with van der Waals surface area (Å²) in [5, 5.41) is 19.1. The van der Waals surface area contributed by atoms with Gasteiger partial charge in [0.1, 0.15) is 18.5 Å². The van der Waals surface area contributed by atoms with Gasteiger partial charge in [-0.2, -0.15) is 5.10 Å². The zero-order chi connectivity index (χ0) is 27.4. The number of ether oxygens (including phenoxy) is 2. The molecule has 0 atom stereocenters. The summed E-state index contributed by atoms with van der Waals surface area (Å²) in [7, 11) is 0. The molecule has 200 valence electrons. The van der Waals surface area contributed by atoms with Gasteiger partial charge in [-0.25, -0.2) is 24.0 Å². The molecule has 0 aliphatic heterocycles. The smallest absolute Gasteiger partial charge is 0.419 e. The molecule has 3 N–H and O–H groups in total. The van der Waals surface area contributed by atoms with Crippen molar-refractivity contribution >= 4 is 40.9 Å². The second-order valence-electron chi connectivity index (χ2n) is 8.72. The molecule has 0 unspecified atom stereocenters. The number of anilines is 2. The molecule has 2 heterocycles. The summed E-state index contributed by atoms with van der Waals surface area (Å²) < 4.78 is 10.8. The Kier molecular flexibility index (Phi) is 7.86. The Bertz CT molecular complexity index is 1400. The molecule has 1 aliphatic rings. The van der Waals surface area contributed by atoms with E-state index in [9.17, 15) is 19.2 Å². The van der Waals surface area contributed by atoms with Crippen LogP contribution in [0.4, 0.5) is 16.3 Å². The van der Waals surface area contributed by atoms with Gasteiger partial charge in [-0.3, -0.25) is 9.59 Å². The number of nitrogens with zero attached hydrogens (tertiary/aromatic N) is 4. The molecule has 1 aliphatic carbocycles. The Morgan fingerprint density at radius 3 is 2.63 bits per heavy atom. The molecule has 4 rings (SSSR count). The van der Waals surface area contributed by atoms with Crippen LogP contribution in [0.15, 0.2) is 30.7 Å². The van der Waals surface area contributed by atoms with Crippen LogP contribution < -0.4 is 10.6 Å². The second kappa shape index (κ2) is 11.3. The van der Waals surface area contributed by atoms with Gasteiger partial charge >= 0.3 is 12.1 Å². The van der Waals surface area contributed by atoms with E-state index >= 15 is 0 Å². The lowest BCUT2D eigenvalue weighted by Gasteiger charge is -2.18. The number of amides is 3. The van der Waals surface area contributed by atoms with Crippen LogP contribution in [0.5, 0.6) is 0 Å². The topological polar surface area (TPSA) is 164 Å². The Hall–Kier alpha value is -4.52. The molecule has 0 spiro atoms. The van der Waals surface area contributed by atoms with E-state index in [1.54, 1.807) is 26.0 Å². The number of carbonyl (C=O) groups is 4. The first kappa shape index (κ1) is 26.5. The van der Waals surface area contributed by atoms with Crippen molar-refractivity contribution in [3.05, 3.63) is 53.0 Å². The summed E-state index contributed by atoms with van der Waals surface area (Å²) >= 11 is 0. The third-order valence-corrected chi connectivity index (χ3v) is 6.04. The van der Waals surface area contributed by atoms with Gasteiger partial charge in [0.15, 0.2) is 5.82 Å². The number of imide groups is 1. The number of aliphatic hydroxyl groups excluding tert-OH is 1. The number of hydrogen-bond acceptors (Lipinski definition) is 10. The summed E-state index contributed by atoms with van der Waals surface area (Å²) in [6.45, 7) is 3.57. The molecule has 13 heteroatoms. The van der Waals surface area contributed by atoms with E-state index in [0.717, 1.165) is 23.3 Å². The predicted molar refractivity (Wildman–Crippen MR) is 134 cm³/mol. The van der Waals surface area contributed by atoms with Gasteiger partial charge in [0.05, 0.1) is 5.56 Å². The van der Waals surface area contributed by atoms with Crippen molar-refractivity contribution in [3.8, 4) is 0 Å². The van der Waals surface area contributed by atoms with Gasteiger partial charge in [0.2, 0.25) is 6.79 Å². The molecule has 2 aromatic heterocycles. The van der Waals surface area contributed by atoms with Gasteiger partial charge in [-0.15, -0.1) is 0 Å². The SMILES string of the molecule is CCN(C(=O)OCOC(=O)CO)C(=O)c1cn2ncnc(Nc3cc(C(=O)NC4CC4)ccc3C)c2c1C. The summed E-state index contributed by atoms with van der Waals surface area (Å²) in [6, 6.07) is 5.58. The van der Waals surface area contributed by atoms with Crippen molar-refractivity contribution in [2.45, 2.75) is 39.7 Å². The number of aliphatic hydroxyl groups is 1. The average Bonchev–Trinajstić information content (AvgIpc) is 3.65. The number of hydrogen-bond donors (Lipinski definition) is 3. The van der Waals surface area contributed by atoms with Crippen molar-refractivity contribution in [3.63, 3.8) is 0 Å². The third kappa shape index (κ3) is 5.72. The number of aryl methyl sites for hydroxylation is 2. The zero-order valence-electron chi connectivity index (χ0n) is 21.2. The Morgan fingerprint density at radius 2 is 1.95 bits per heavy atom. The van der Waals surface area contributed by atoms with Crippen molar-refractivity contribution in [2.24, 2.45) is 0 Å². The minimum absolute atomic E-state index is 0.0110. The maximum absolute atomic E-state index is 13.2. The van der Waals surface area contributed by atoms with Crippen molar-refractivity contribution in [2.75, 3.05) is 25.3 Å². The molecular formula is C25H28N6O7. The molecule has 1 saturated carbocycles. The molecule has 3 aromatic rings. The minimum atomic E-state index is -1.01. The van der Waals surface area contributed by atoms with Crippen molar-refractivity contribution in [1.29, 1.82) is 0 Å². The van der Waals surface area contributed by atoms with Crippen LogP contribution in [-0.4, -0.2) is 74.5 Å². The van der Waals surface area contributed by atoms with Crippen LogP contribution in [0.3, 0.4) is 0 Å². The van der Waals surface area contributed by atoms with Gasteiger partial charge in [-0.1, -0.05) is 6.07 Å². The molecule has 0 saturated heterocycles. The number of rotatable bonds is 9. The highest BCUT2D eigenvalue weighted by molar-refractivity contribution is 6.05. The first-order valence-electron chi connectivity index (χ1n) is 12.0. The quantitative estimate of drug-likeness (QED) is 0.279. The second-order valence-corrected chi connectivity index (χ2v) is 8.72. The molecule has 0 radical (unpaired) electrons. The third-order valence-electron chi connectivity index (χ3n) is 6.04. The van der Waals surface area contributed by atoms with E-state index < -0.39 is 31.4 Å². The van der Waals surface area contributed by atoms with E-state index in [1.165, 1.54) is 17.0 Å². The first-order chi connectivity index (χ1) is 18.2. The lowest BCUT2D eigenvalue weighted by atomic mass is 10.1. The molecule has 1 aromatic carbocycles. The lowest BCUT2D eigenvalue weighted by molar-refractivity contribution is -0.155. The van der Waals surface area contributed by atoms with Crippen molar-refractivity contribution < 1.29 is 33.8 Å². The highest BCUT2D eigenvalue weighted by Crippen LogP contribution is 2.28. The van der Waals surface area contributed by atoms with Gasteiger partial charge < -0.3 is 25.2 Å². The van der Waals surface area contributed by atoms with Gasteiger partial charge in [0, 0.05) is 30.0 Å². The minimum Gasteiger partial charge on any atom is -0.426 e. The molecule has 0 bridgehead atoms. The summed E-state index contributed by atoms with van der Waals surface area (Å²) in [4.78, 5) is 54.4. The highest BCUT2D eigenvalue weighted by Gasteiger charge is 2.28.